The smallest absolute Gasteiger partial charge is 0.224 e. The predicted molar refractivity (Wildman–Crippen MR) is 99.5 cm³/mol. The molecule has 3 rings (SSSR count). The van der Waals surface area contributed by atoms with Crippen molar-refractivity contribution in [1.82, 2.24) is 14.7 Å². The summed E-state index contributed by atoms with van der Waals surface area (Å²) >= 11 is 0. The van der Waals surface area contributed by atoms with Crippen molar-refractivity contribution >= 4 is 5.91 Å². The molecule has 0 saturated carbocycles. The largest absolute Gasteiger partial charge is 0.374 e. The second-order valence-corrected chi connectivity index (χ2v) is 7.14. The molecule has 2 atom stereocenters. The van der Waals surface area contributed by atoms with Crippen LogP contribution in [-0.4, -0.2) is 79.1 Å². The Balaban J connectivity index is 1.57. The minimum Gasteiger partial charge on any atom is -0.374 e. The van der Waals surface area contributed by atoms with Gasteiger partial charge in [-0.1, -0.05) is 37.3 Å². The Kier molecular flexibility index (Phi) is 6.45. The molecule has 2 aliphatic rings. The summed E-state index contributed by atoms with van der Waals surface area (Å²) in [7, 11) is 0. The molecule has 2 fully saturated rings. The van der Waals surface area contributed by atoms with Crippen molar-refractivity contribution in [1.29, 1.82) is 0 Å². The molecule has 0 spiro atoms. The minimum atomic E-state index is 0.0434. The summed E-state index contributed by atoms with van der Waals surface area (Å²) in [5.41, 5.74) is 1.17. The van der Waals surface area contributed by atoms with Gasteiger partial charge in [0.25, 0.3) is 0 Å². The minimum absolute atomic E-state index is 0.0434. The maximum Gasteiger partial charge on any atom is 0.224 e. The molecule has 5 heteroatoms. The van der Waals surface area contributed by atoms with Crippen LogP contribution in [0.25, 0.3) is 0 Å². The highest BCUT2D eigenvalue weighted by Gasteiger charge is 2.31. The lowest BCUT2D eigenvalue weighted by Gasteiger charge is -2.40. The Bertz CT molecular complexity index is 543. The van der Waals surface area contributed by atoms with Crippen molar-refractivity contribution in [2.24, 2.45) is 0 Å². The van der Waals surface area contributed by atoms with E-state index in [1.165, 1.54) is 5.56 Å². The van der Waals surface area contributed by atoms with Crippen LogP contribution in [0.2, 0.25) is 0 Å². The molecule has 2 aliphatic heterocycles. The van der Waals surface area contributed by atoms with Gasteiger partial charge in [-0.05, 0) is 19.0 Å². The Labute approximate surface area is 151 Å². The Hall–Kier alpha value is -1.43. The van der Waals surface area contributed by atoms with Crippen LogP contribution < -0.4 is 0 Å². The first-order valence-corrected chi connectivity index (χ1v) is 9.58. The highest BCUT2D eigenvalue weighted by molar-refractivity contribution is 5.77. The number of benzene rings is 1. The molecule has 138 valence electrons. The summed E-state index contributed by atoms with van der Waals surface area (Å²) in [6.07, 6.45) is 0.708. The van der Waals surface area contributed by atoms with Gasteiger partial charge in [-0.3, -0.25) is 4.79 Å². The summed E-state index contributed by atoms with van der Waals surface area (Å²) in [5.74, 6) is 0.252. The number of likely N-dealkylation sites (N-methyl/N-ethyl adjacent to an activating group) is 1. The highest BCUT2D eigenvalue weighted by atomic mass is 16.5. The number of amides is 1. The van der Waals surface area contributed by atoms with E-state index >= 15 is 0 Å². The molecule has 25 heavy (non-hydrogen) atoms. The summed E-state index contributed by atoms with van der Waals surface area (Å²) in [4.78, 5) is 19.8. The molecular weight excluding hydrogens is 314 g/mol. The fourth-order valence-corrected chi connectivity index (χ4v) is 3.76. The van der Waals surface area contributed by atoms with Crippen molar-refractivity contribution in [3.63, 3.8) is 0 Å². The van der Waals surface area contributed by atoms with E-state index in [0.29, 0.717) is 19.6 Å². The number of ether oxygens (including phenoxy) is 1. The van der Waals surface area contributed by atoms with Gasteiger partial charge >= 0.3 is 0 Å². The summed E-state index contributed by atoms with van der Waals surface area (Å²) in [6, 6.07) is 10.3. The normalized spacial score (nSPS) is 25.9. The average Bonchev–Trinajstić information content (AvgIpc) is 2.67. The lowest BCUT2D eigenvalue weighted by Crippen LogP contribution is -2.49. The van der Waals surface area contributed by atoms with E-state index in [4.69, 9.17) is 4.74 Å². The molecule has 1 amide bonds. The lowest BCUT2D eigenvalue weighted by atomic mass is 10.0. The molecule has 2 saturated heterocycles. The van der Waals surface area contributed by atoms with Crippen molar-refractivity contribution in [3.05, 3.63) is 35.9 Å². The van der Waals surface area contributed by atoms with Crippen LogP contribution in [0.15, 0.2) is 30.3 Å². The van der Waals surface area contributed by atoms with E-state index in [1.807, 2.05) is 30.0 Å². The van der Waals surface area contributed by atoms with Crippen molar-refractivity contribution < 1.29 is 9.53 Å². The van der Waals surface area contributed by atoms with Gasteiger partial charge in [0.05, 0.1) is 18.8 Å². The van der Waals surface area contributed by atoms with E-state index in [9.17, 15) is 4.79 Å². The third-order valence-electron chi connectivity index (χ3n) is 5.43. The Morgan fingerprint density at radius 2 is 1.80 bits per heavy atom. The van der Waals surface area contributed by atoms with Gasteiger partial charge in [-0.2, -0.15) is 0 Å². The van der Waals surface area contributed by atoms with Crippen LogP contribution in [0.1, 0.15) is 31.9 Å². The average molecular weight is 345 g/mol. The van der Waals surface area contributed by atoms with Gasteiger partial charge in [-0.15, -0.1) is 0 Å². The third kappa shape index (κ3) is 4.81. The molecule has 0 unspecified atom stereocenters. The number of nitrogens with zero attached hydrogens (tertiary/aromatic N) is 3. The van der Waals surface area contributed by atoms with Crippen LogP contribution in [-0.2, 0) is 9.53 Å². The Morgan fingerprint density at radius 1 is 1.12 bits per heavy atom. The molecular formula is C20H31N3O2. The topological polar surface area (TPSA) is 36.0 Å². The highest BCUT2D eigenvalue weighted by Crippen LogP contribution is 2.26. The molecule has 1 aromatic rings. The number of carbonyl (C=O) groups is 1. The zero-order valence-electron chi connectivity index (χ0n) is 15.6. The molecule has 0 radical (unpaired) electrons. The zero-order chi connectivity index (χ0) is 17.6. The van der Waals surface area contributed by atoms with Gasteiger partial charge in [0.1, 0.15) is 0 Å². The maximum atomic E-state index is 12.9. The summed E-state index contributed by atoms with van der Waals surface area (Å²) < 4.78 is 5.83. The van der Waals surface area contributed by atoms with Crippen molar-refractivity contribution in [2.45, 2.75) is 32.4 Å². The van der Waals surface area contributed by atoms with Gasteiger partial charge in [-0.25, -0.2) is 0 Å². The van der Waals surface area contributed by atoms with Gasteiger partial charge in [0, 0.05) is 45.7 Å². The quantitative estimate of drug-likeness (QED) is 0.818. The van der Waals surface area contributed by atoms with E-state index in [1.54, 1.807) is 0 Å². The van der Waals surface area contributed by atoms with Gasteiger partial charge in [0.15, 0.2) is 0 Å². The molecule has 0 aliphatic carbocycles. The van der Waals surface area contributed by atoms with Gasteiger partial charge < -0.3 is 19.4 Å². The molecule has 2 heterocycles. The zero-order valence-corrected chi connectivity index (χ0v) is 15.6. The second-order valence-electron chi connectivity index (χ2n) is 7.14. The van der Waals surface area contributed by atoms with Crippen molar-refractivity contribution in [3.8, 4) is 0 Å². The van der Waals surface area contributed by atoms with Crippen LogP contribution >= 0.6 is 0 Å². The first kappa shape index (κ1) is 18.4. The van der Waals surface area contributed by atoms with E-state index < -0.39 is 0 Å². The third-order valence-corrected chi connectivity index (χ3v) is 5.43. The molecule has 1 aromatic carbocycles. The van der Waals surface area contributed by atoms with E-state index in [0.717, 1.165) is 39.3 Å². The number of piperazine rings is 1. The summed E-state index contributed by atoms with van der Waals surface area (Å²) in [5, 5.41) is 0. The van der Waals surface area contributed by atoms with Crippen LogP contribution in [0.5, 0.6) is 0 Å². The standard InChI is InChI=1S/C20H31N3O2/c1-3-21-11-13-22(14-12-21)10-9-20(24)23-15-17(2)25-16-19(23)18-7-5-4-6-8-18/h4-8,17,19H,3,9-16H2,1-2H3/t17-,19+/m0/s1. The van der Waals surface area contributed by atoms with E-state index in [-0.39, 0.29) is 18.1 Å². The second kappa shape index (κ2) is 8.79. The fourth-order valence-electron chi connectivity index (χ4n) is 3.76. The number of hydrogen-bond donors (Lipinski definition) is 0. The first-order chi connectivity index (χ1) is 12.2. The molecule has 0 bridgehead atoms. The monoisotopic (exact) mass is 345 g/mol. The van der Waals surface area contributed by atoms with E-state index in [2.05, 4.69) is 28.9 Å². The predicted octanol–water partition coefficient (Wildman–Crippen LogP) is 2.00. The first-order valence-electron chi connectivity index (χ1n) is 9.58. The number of hydrogen-bond acceptors (Lipinski definition) is 4. The Morgan fingerprint density at radius 3 is 2.48 bits per heavy atom. The fraction of sp³-hybridized carbons (Fsp3) is 0.650. The number of rotatable bonds is 5. The van der Waals surface area contributed by atoms with Crippen molar-refractivity contribution in [2.75, 3.05) is 52.4 Å². The van der Waals surface area contributed by atoms with Crippen LogP contribution in [0, 0.1) is 0 Å². The lowest BCUT2D eigenvalue weighted by molar-refractivity contribution is -0.145. The van der Waals surface area contributed by atoms with Crippen LogP contribution in [0.3, 0.4) is 0 Å². The van der Waals surface area contributed by atoms with Gasteiger partial charge in [0.2, 0.25) is 5.91 Å². The molecule has 0 N–H and O–H groups in total. The summed E-state index contributed by atoms with van der Waals surface area (Å²) in [6.45, 7) is 11.9. The SMILES string of the molecule is CCN1CCN(CCC(=O)N2C[C@H](C)OC[C@@H]2c2ccccc2)CC1. The van der Waals surface area contributed by atoms with Crippen LogP contribution in [0.4, 0.5) is 0 Å². The number of carbonyl (C=O) groups excluding carboxylic acids is 1. The maximum absolute atomic E-state index is 12.9. The molecule has 5 nitrogen and oxygen atoms in total. The number of morpholine rings is 1. The molecule has 0 aromatic heterocycles.